The highest BCUT2D eigenvalue weighted by atomic mass is 16.2. The maximum absolute atomic E-state index is 13.2. The van der Waals surface area contributed by atoms with Crippen molar-refractivity contribution in [3.8, 4) is 0 Å². The number of aliphatic imine (C=N–C) groups is 1. The number of guanidine groups is 1. The van der Waals surface area contributed by atoms with Crippen LogP contribution < -0.4 is 38.9 Å². The minimum atomic E-state index is -0.756. The molecule has 11 heteroatoms. The van der Waals surface area contributed by atoms with Crippen molar-refractivity contribution in [3.63, 3.8) is 0 Å². The first-order valence-electron chi connectivity index (χ1n) is 13.1. The van der Waals surface area contributed by atoms with Crippen LogP contribution in [0.2, 0.25) is 0 Å². The Labute approximate surface area is 220 Å². The zero-order chi connectivity index (χ0) is 27.5. The number of nitrogens with zero attached hydrogens (tertiary/aromatic N) is 1. The van der Waals surface area contributed by atoms with Crippen LogP contribution in [0.4, 0.5) is 0 Å². The molecule has 1 rings (SSSR count). The maximum Gasteiger partial charge on any atom is 0.243 e. The highest BCUT2D eigenvalue weighted by Crippen LogP contribution is 2.08. The fourth-order valence-electron chi connectivity index (χ4n) is 3.83. The van der Waals surface area contributed by atoms with Gasteiger partial charge in [0.25, 0.3) is 0 Å². The van der Waals surface area contributed by atoms with E-state index in [1.807, 2.05) is 31.2 Å². The summed E-state index contributed by atoms with van der Waals surface area (Å²) in [7, 11) is 0. The summed E-state index contributed by atoms with van der Waals surface area (Å²) >= 11 is 0. The van der Waals surface area contributed by atoms with Gasteiger partial charge in [-0.25, -0.2) is 0 Å². The van der Waals surface area contributed by atoms with E-state index < -0.39 is 12.1 Å². The Bertz CT molecular complexity index is 858. The van der Waals surface area contributed by atoms with E-state index in [1.54, 1.807) is 0 Å². The Morgan fingerprint density at radius 1 is 0.865 bits per heavy atom. The van der Waals surface area contributed by atoms with E-state index in [9.17, 15) is 14.4 Å². The number of carbonyl (C=O) groups excluding carboxylic acids is 3. The molecule has 1 aromatic carbocycles. The molecule has 0 aliphatic carbocycles. The summed E-state index contributed by atoms with van der Waals surface area (Å²) in [6.07, 6.45) is 5.32. The molecule has 1 aromatic rings. The minimum absolute atomic E-state index is 0.0405. The number of benzene rings is 1. The van der Waals surface area contributed by atoms with Gasteiger partial charge in [0, 0.05) is 13.1 Å². The minimum Gasteiger partial charge on any atom is -0.370 e. The second-order valence-electron chi connectivity index (χ2n) is 9.22. The second kappa shape index (κ2) is 19.0. The molecular weight excluding hydrogens is 472 g/mol. The molecule has 0 aromatic heterocycles. The van der Waals surface area contributed by atoms with E-state index in [0.717, 1.165) is 30.4 Å². The van der Waals surface area contributed by atoms with Gasteiger partial charge in [0.15, 0.2) is 5.96 Å². The lowest BCUT2D eigenvalue weighted by molar-refractivity contribution is -0.132. The van der Waals surface area contributed by atoms with Crippen LogP contribution >= 0.6 is 0 Å². The predicted octanol–water partition coefficient (Wildman–Crippen LogP) is -0.0651. The van der Waals surface area contributed by atoms with Crippen LogP contribution in [-0.2, 0) is 20.8 Å². The highest BCUT2D eigenvalue weighted by molar-refractivity contribution is 5.92. The highest BCUT2D eigenvalue weighted by Gasteiger charge is 2.26. The van der Waals surface area contributed by atoms with Crippen molar-refractivity contribution in [2.45, 2.75) is 76.8 Å². The number of nitrogens with one attached hydrogen (secondary N) is 3. The Balaban J connectivity index is 2.77. The third kappa shape index (κ3) is 14.8. The van der Waals surface area contributed by atoms with Gasteiger partial charge < -0.3 is 38.9 Å². The molecule has 208 valence electrons. The Hall–Kier alpha value is -3.18. The lowest BCUT2D eigenvalue weighted by Gasteiger charge is -2.23. The van der Waals surface area contributed by atoms with E-state index in [0.29, 0.717) is 58.3 Å². The van der Waals surface area contributed by atoms with Crippen LogP contribution in [0.5, 0.6) is 0 Å². The number of hydrogen-bond donors (Lipinski definition) is 7. The summed E-state index contributed by atoms with van der Waals surface area (Å²) in [6, 6.07) is 6.21. The summed E-state index contributed by atoms with van der Waals surface area (Å²) in [6.45, 7) is 3.89. The smallest absolute Gasteiger partial charge is 0.243 e. The van der Waals surface area contributed by atoms with Crippen LogP contribution in [0.25, 0.3) is 0 Å². The first-order chi connectivity index (χ1) is 17.8. The third-order valence-corrected chi connectivity index (χ3v) is 5.80. The molecule has 11 nitrogen and oxygen atoms in total. The summed E-state index contributed by atoms with van der Waals surface area (Å²) in [4.78, 5) is 42.7. The third-order valence-electron chi connectivity index (χ3n) is 5.80. The largest absolute Gasteiger partial charge is 0.370 e. The van der Waals surface area contributed by atoms with Crippen molar-refractivity contribution < 1.29 is 14.4 Å². The second-order valence-corrected chi connectivity index (χ2v) is 9.22. The average Bonchev–Trinajstić information content (AvgIpc) is 2.84. The summed E-state index contributed by atoms with van der Waals surface area (Å²) in [5.74, 6) is -0.851. The molecule has 0 saturated carbocycles. The first-order valence-corrected chi connectivity index (χ1v) is 13.1. The fourth-order valence-corrected chi connectivity index (χ4v) is 3.83. The molecule has 0 unspecified atom stereocenters. The molecule has 2 atom stereocenters. The van der Waals surface area contributed by atoms with Crippen molar-refractivity contribution >= 4 is 23.7 Å². The maximum atomic E-state index is 13.2. The molecule has 0 bridgehead atoms. The number of rotatable bonds is 19. The molecule has 0 aliphatic rings. The number of aryl methyl sites for hydroxylation is 1. The van der Waals surface area contributed by atoms with Gasteiger partial charge in [0.2, 0.25) is 17.7 Å². The van der Waals surface area contributed by atoms with Gasteiger partial charge in [-0.2, -0.15) is 0 Å². The summed E-state index contributed by atoms with van der Waals surface area (Å²) in [5.41, 5.74) is 23.8. The number of hydrogen-bond acceptors (Lipinski definition) is 6. The van der Waals surface area contributed by atoms with Crippen molar-refractivity contribution in [1.82, 2.24) is 16.0 Å². The molecule has 0 radical (unpaired) electrons. The number of amides is 3. The van der Waals surface area contributed by atoms with Crippen molar-refractivity contribution in [2.24, 2.45) is 27.9 Å². The zero-order valence-corrected chi connectivity index (χ0v) is 22.1. The van der Waals surface area contributed by atoms with E-state index in [1.165, 1.54) is 0 Å². The summed E-state index contributed by atoms with van der Waals surface area (Å²) in [5, 5.41) is 8.58. The molecular formula is C26H46N8O3. The van der Waals surface area contributed by atoms with Crippen LogP contribution in [0.3, 0.4) is 0 Å². The van der Waals surface area contributed by atoms with Gasteiger partial charge in [-0.05, 0) is 76.9 Å². The molecule has 0 fully saturated rings. The van der Waals surface area contributed by atoms with Gasteiger partial charge >= 0.3 is 0 Å². The Morgan fingerprint density at radius 3 is 2.11 bits per heavy atom. The van der Waals surface area contributed by atoms with Crippen LogP contribution in [-0.4, -0.2) is 61.9 Å². The number of carbonyl (C=O) groups is 3. The van der Waals surface area contributed by atoms with Gasteiger partial charge in [-0.15, -0.1) is 0 Å². The topological polar surface area (TPSA) is 204 Å². The van der Waals surface area contributed by atoms with Crippen LogP contribution in [0.1, 0.15) is 62.5 Å². The van der Waals surface area contributed by atoms with Gasteiger partial charge in [-0.3, -0.25) is 19.4 Å². The van der Waals surface area contributed by atoms with E-state index in [-0.39, 0.29) is 30.1 Å². The number of unbranched alkanes of at least 4 members (excludes halogenated alkanes) is 3. The molecule has 0 saturated heterocycles. The average molecular weight is 519 g/mol. The molecule has 0 spiro atoms. The first kappa shape index (κ1) is 31.8. The quantitative estimate of drug-likeness (QED) is 0.0753. The predicted molar refractivity (Wildman–Crippen MR) is 147 cm³/mol. The van der Waals surface area contributed by atoms with Crippen LogP contribution in [0, 0.1) is 6.92 Å². The zero-order valence-electron chi connectivity index (χ0n) is 22.1. The lowest BCUT2D eigenvalue weighted by atomic mass is 10.0. The standard InChI is InChI=1S/C26H46N8O3/c1-19-9-8-10-20(17-19)18-23(35)33-22(12-3-5-14-28)25(37)34-21(11-2-4-13-27)24(36)31-15-6-7-16-32-26(29)30/h8-10,17,21-22H,2-7,11-16,18,27-28H2,1H3,(H,31,36)(H,33,35)(H,34,37)(H4,29,30,32)/t21-,22-/m0/s1. The van der Waals surface area contributed by atoms with Crippen LogP contribution in [0.15, 0.2) is 29.3 Å². The summed E-state index contributed by atoms with van der Waals surface area (Å²) < 4.78 is 0. The fraction of sp³-hybridized carbons (Fsp3) is 0.615. The Kier molecular flexibility index (Phi) is 16.4. The van der Waals surface area contributed by atoms with Crippen molar-refractivity contribution in [3.05, 3.63) is 35.4 Å². The number of nitrogens with two attached hydrogens (primary N) is 4. The molecule has 0 heterocycles. The molecule has 11 N–H and O–H groups in total. The molecule has 37 heavy (non-hydrogen) atoms. The van der Waals surface area contributed by atoms with Crippen molar-refractivity contribution in [1.29, 1.82) is 0 Å². The normalized spacial score (nSPS) is 12.3. The van der Waals surface area contributed by atoms with E-state index in [2.05, 4.69) is 20.9 Å². The SMILES string of the molecule is Cc1cccc(CC(=O)N[C@@H](CCCCN)C(=O)N[C@@H](CCCCN)C(=O)NCCCCN=C(N)N)c1. The Morgan fingerprint density at radius 2 is 1.51 bits per heavy atom. The monoisotopic (exact) mass is 518 g/mol. The van der Waals surface area contributed by atoms with Gasteiger partial charge in [-0.1, -0.05) is 29.8 Å². The molecule has 3 amide bonds. The van der Waals surface area contributed by atoms with Crippen molar-refractivity contribution in [2.75, 3.05) is 26.2 Å². The van der Waals surface area contributed by atoms with Gasteiger partial charge in [0.05, 0.1) is 6.42 Å². The van der Waals surface area contributed by atoms with E-state index in [4.69, 9.17) is 22.9 Å². The lowest BCUT2D eigenvalue weighted by Crippen LogP contribution is -2.54. The van der Waals surface area contributed by atoms with Gasteiger partial charge in [0.1, 0.15) is 12.1 Å². The van der Waals surface area contributed by atoms with E-state index >= 15 is 0 Å². The molecule has 0 aliphatic heterocycles.